The van der Waals surface area contributed by atoms with Gasteiger partial charge in [-0.3, -0.25) is 13.9 Å². The number of amides is 2. The van der Waals surface area contributed by atoms with E-state index in [1.54, 1.807) is 48.5 Å². The number of nitrogens with one attached hydrogen (secondary N) is 1. The molecule has 0 saturated carbocycles. The van der Waals surface area contributed by atoms with Crippen molar-refractivity contribution in [1.29, 1.82) is 0 Å². The largest absolute Gasteiger partial charge is 0.352 e. The highest BCUT2D eigenvalue weighted by Crippen LogP contribution is 2.29. The lowest BCUT2D eigenvalue weighted by atomic mass is 10.1. The van der Waals surface area contributed by atoms with Gasteiger partial charge >= 0.3 is 0 Å². The van der Waals surface area contributed by atoms with Crippen molar-refractivity contribution in [2.24, 2.45) is 0 Å². The van der Waals surface area contributed by atoms with Gasteiger partial charge in [0, 0.05) is 22.6 Å². The summed E-state index contributed by atoms with van der Waals surface area (Å²) < 4.78 is 29.0. The number of hydrogen-bond donors (Lipinski definition) is 1. The van der Waals surface area contributed by atoms with E-state index in [1.807, 2.05) is 34.6 Å². The summed E-state index contributed by atoms with van der Waals surface area (Å²) in [6.07, 6.45) is 1.04. The van der Waals surface area contributed by atoms with Crippen LogP contribution in [0.5, 0.6) is 0 Å². The number of sulfonamides is 1. The SMILES string of the molecule is CCC(C)NC(=O)C(CC)N(Cc1ccccc1Cl)C(=O)CN(c1ccc(C)c(Cl)c1)S(=O)(=O)c1ccc(C)cc1. The lowest BCUT2D eigenvalue weighted by molar-refractivity contribution is -0.140. The van der Waals surface area contributed by atoms with Crippen LogP contribution in [0, 0.1) is 13.8 Å². The van der Waals surface area contributed by atoms with Crippen LogP contribution in [0.3, 0.4) is 0 Å². The molecule has 0 aliphatic carbocycles. The smallest absolute Gasteiger partial charge is 0.264 e. The second kappa shape index (κ2) is 14.2. The van der Waals surface area contributed by atoms with Gasteiger partial charge in [-0.05, 0) is 75.1 Å². The van der Waals surface area contributed by atoms with Gasteiger partial charge in [0.2, 0.25) is 11.8 Å². The summed E-state index contributed by atoms with van der Waals surface area (Å²) in [5.74, 6) is -0.864. The van der Waals surface area contributed by atoms with Crippen molar-refractivity contribution in [2.75, 3.05) is 10.8 Å². The maximum atomic E-state index is 14.2. The molecule has 0 fully saturated rings. The Morgan fingerprint density at radius 1 is 0.902 bits per heavy atom. The summed E-state index contributed by atoms with van der Waals surface area (Å²) in [4.78, 5) is 29.0. The molecule has 2 amide bonds. The van der Waals surface area contributed by atoms with E-state index in [4.69, 9.17) is 23.2 Å². The van der Waals surface area contributed by atoms with Crippen LogP contribution in [-0.2, 0) is 26.2 Å². The van der Waals surface area contributed by atoms with Crippen LogP contribution < -0.4 is 9.62 Å². The molecule has 0 radical (unpaired) electrons. The summed E-state index contributed by atoms with van der Waals surface area (Å²) in [5.41, 5.74) is 2.55. The highest BCUT2D eigenvalue weighted by atomic mass is 35.5. The maximum Gasteiger partial charge on any atom is 0.264 e. The lowest BCUT2D eigenvalue weighted by Gasteiger charge is -2.34. The summed E-state index contributed by atoms with van der Waals surface area (Å²) in [7, 11) is -4.19. The number of carbonyl (C=O) groups excluding carboxylic acids is 2. The average molecular weight is 619 g/mol. The number of hydrogen-bond acceptors (Lipinski definition) is 4. The van der Waals surface area contributed by atoms with Crippen molar-refractivity contribution in [2.45, 2.75) is 71.0 Å². The molecule has 2 atom stereocenters. The minimum Gasteiger partial charge on any atom is -0.352 e. The molecule has 0 saturated heterocycles. The van der Waals surface area contributed by atoms with Crippen molar-refractivity contribution in [1.82, 2.24) is 10.2 Å². The Hall–Kier alpha value is -3.07. The predicted molar refractivity (Wildman–Crippen MR) is 166 cm³/mol. The third-order valence-electron chi connectivity index (χ3n) is 7.02. The van der Waals surface area contributed by atoms with Gasteiger partial charge in [-0.1, -0.05) is 79.0 Å². The van der Waals surface area contributed by atoms with E-state index in [2.05, 4.69) is 5.32 Å². The second-order valence-corrected chi connectivity index (χ2v) is 12.8. The van der Waals surface area contributed by atoms with Gasteiger partial charge in [-0.25, -0.2) is 8.42 Å². The molecule has 0 bridgehead atoms. The number of carbonyl (C=O) groups is 2. The van der Waals surface area contributed by atoms with Crippen LogP contribution in [0.15, 0.2) is 71.6 Å². The zero-order valence-corrected chi connectivity index (χ0v) is 26.4. The summed E-state index contributed by atoms with van der Waals surface area (Å²) >= 11 is 12.8. The number of rotatable bonds is 12. The zero-order chi connectivity index (χ0) is 30.3. The Labute approximate surface area is 253 Å². The fourth-order valence-electron chi connectivity index (χ4n) is 4.27. The van der Waals surface area contributed by atoms with Crippen LogP contribution >= 0.6 is 23.2 Å². The van der Waals surface area contributed by atoms with Crippen LogP contribution in [0.4, 0.5) is 5.69 Å². The van der Waals surface area contributed by atoms with Crippen molar-refractivity contribution in [3.05, 3.63) is 93.5 Å². The Kier molecular flexibility index (Phi) is 11.2. The van der Waals surface area contributed by atoms with Crippen LogP contribution in [0.2, 0.25) is 10.0 Å². The van der Waals surface area contributed by atoms with E-state index >= 15 is 0 Å². The molecule has 3 aromatic rings. The Morgan fingerprint density at radius 2 is 1.56 bits per heavy atom. The van der Waals surface area contributed by atoms with E-state index in [9.17, 15) is 18.0 Å². The minimum atomic E-state index is -4.19. The molecule has 0 heterocycles. The van der Waals surface area contributed by atoms with E-state index in [1.165, 1.54) is 23.1 Å². The molecule has 0 spiro atoms. The zero-order valence-electron chi connectivity index (χ0n) is 24.0. The Balaban J connectivity index is 2.10. The van der Waals surface area contributed by atoms with E-state index in [0.717, 1.165) is 21.9 Å². The number of benzene rings is 3. The quantitative estimate of drug-likeness (QED) is 0.250. The molecule has 0 aliphatic rings. The van der Waals surface area contributed by atoms with Crippen LogP contribution in [-0.4, -0.2) is 43.8 Å². The number of aryl methyl sites for hydroxylation is 2. The van der Waals surface area contributed by atoms with Gasteiger partial charge in [0.15, 0.2) is 0 Å². The molecule has 41 heavy (non-hydrogen) atoms. The van der Waals surface area contributed by atoms with Gasteiger partial charge in [0.1, 0.15) is 12.6 Å². The highest BCUT2D eigenvalue weighted by molar-refractivity contribution is 7.92. The average Bonchev–Trinajstić information content (AvgIpc) is 2.94. The normalized spacial score (nSPS) is 12.9. The monoisotopic (exact) mass is 617 g/mol. The van der Waals surface area contributed by atoms with Crippen LogP contribution in [0.25, 0.3) is 0 Å². The van der Waals surface area contributed by atoms with Gasteiger partial charge in [-0.15, -0.1) is 0 Å². The molecule has 7 nitrogen and oxygen atoms in total. The van der Waals surface area contributed by atoms with Gasteiger partial charge in [0.05, 0.1) is 10.6 Å². The molecule has 3 aromatic carbocycles. The predicted octanol–water partition coefficient (Wildman–Crippen LogP) is 6.53. The van der Waals surface area contributed by atoms with Gasteiger partial charge in [0.25, 0.3) is 10.0 Å². The molecule has 1 N–H and O–H groups in total. The molecule has 2 unspecified atom stereocenters. The van der Waals surface area contributed by atoms with E-state index < -0.39 is 28.5 Å². The third kappa shape index (κ3) is 8.03. The molecular weight excluding hydrogens is 581 g/mol. The van der Waals surface area contributed by atoms with Crippen molar-refractivity contribution >= 4 is 50.7 Å². The molecule has 0 aromatic heterocycles. The standard InChI is InChI=1S/C31H37Cl2N3O4S/c1-6-23(5)34-31(38)29(7-2)35(19-24-10-8-9-11-27(24)32)30(37)20-36(25-15-14-22(4)28(33)18-25)41(39,40)26-16-12-21(3)13-17-26/h8-18,23,29H,6-7,19-20H2,1-5H3,(H,34,38). The van der Waals surface area contributed by atoms with Crippen LogP contribution in [0.1, 0.15) is 50.3 Å². The highest BCUT2D eigenvalue weighted by Gasteiger charge is 2.34. The van der Waals surface area contributed by atoms with E-state index in [-0.39, 0.29) is 29.1 Å². The third-order valence-corrected chi connectivity index (χ3v) is 9.58. The molecule has 10 heteroatoms. The number of nitrogens with zero attached hydrogens (tertiary/aromatic N) is 2. The first kappa shape index (κ1) is 32.4. The number of halogens is 2. The van der Waals surface area contributed by atoms with E-state index in [0.29, 0.717) is 22.0 Å². The number of anilines is 1. The molecule has 220 valence electrons. The summed E-state index contributed by atoms with van der Waals surface area (Å²) in [5, 5.41) is 3.77. The Bertz CT molecular complexity index is 1480. The lowest BCUT2D eigenvalue weighted by Crippen LogP contribution is -2.53. The molecule has 0 aliphatic heterocycles. The first-order valence-corrected chi connectivity index (χ1v) is 15.8. The molecular formula is C31H37Cl2N3O4S. The topological polar surface area (TPSA) is 86.8 Å². The van der Waals surface area contributed by atoms with Crippen molar-refractivity contribution in [3.63, 3.8) is 0 Å². The van der Waals surface area contributed by atoms with Gasteiger partial charge < -0.3 is 10.2 Å². The first-order valence-electron chi connectivity index (χ1n) is 13.6. The molecule has 3 rings (SSSR count). The fourth-order valence-corrected chi connectivity index (χ4v) is 6.05. The Morgan fingerprint density at radius 3 is 2.15 bits per heavy atom. The van der Waals surface area contributed by atoms with Gasteiger partial charge in [-0.2, -0.15) is 0 Å². The fraction of sp³-hybridized carbons (Fsp3) is 0.355. The van der Waals surface area contributed by atoms with Crippen molar-refractivity contribution < 1.29 is 18.0 Å². The van der Waals surface area contributed by atoms with Crippen molar-refractivity contribution in [3.8, 4) is 0 Å². The first-order chi connectivity index (χ1) is 19.4. The maximum absolute atomic E-state index is 14.2. The minimum absolute atomic E-state index is 0.0258. The second-order valence-electron chi connectivity index (χ2n) is 10.1. The summed E-state index contributed by atoms with van der Waals surface area (Å²) in [6, 6.07) is 17.4. The summed E-state index contributed by atoms with van der Waals surface area (Å²) in [6.45, 7) is 8.81.